The van der Waals surface area contributed by atoms with Crippen LogP contribution in [0.3, 0.4) is 0 Å². The summed E-state index contributed by atoms with van der Waals surface area (Å²) in [4.78, 5) is 36.7. The van der Waals surface area contributed by atoms with Crippen LogP contribution in [0.1, 0.15) is 40.0 Å². The molecule has 0 radical (unpaired) electrons. The van der Waals surface area contributed by atoms with Crippen molar-refractivity contribution in [3.05, 3.63) is 66.0 Å². The largest absolute Gasteiger partial charge is 0.501 e. The topological polar surface area (TPSA) is 152 Å². The molecule has 1 saturated heterocycles. The van der Waals surface area contributed by atoms with Gasteiger partial charge in [-0.25, -0.2) is 18.4 Å². The summed E-state index contributed by atoms with van der Waals surface area (Å²) >= 11 is 0. The quantitative estimate of drug-likeness (QED) is 0.314. The maximum Gasteiger partial charge on any atom is 0.501 e. The highest BCUT2D eigenvalue weighted by Crippen LogP contribution is 2.65. The lowest BCUT2D eigenvalue weighted by Gasteiger charge is -2.74. The predicted molar refractivity (Wildman–Crippen MR) is 156 cm³/mol. The minimum absolute atomic E-state index is 0.0177. The van der Waals surface area contributed by atoms with E-state index in [1.54, 1.807) is 6.07 Å². The molecule has 3 saturated carbocycles. The highest BCUT2D eigenvalue weighted by atomic mass is 32.2. The molecule has 0 spiro atoms. The molecular formula is C29H29F3N6O6S. The van der Waals surface area contributed by atoms with Gasteiger partial charge in [-0.3, -0.25) is 14.5 Å². The predicted octanol–water partition coefficient (Wildman–Crippen LogP) is 3.70. The van der Waals surface area contributed by atoms with E-state index in [9.17, 15) is 31.2 Å². The van der Waals surface area contributed by atoms with Crippen LogP contribution in [0.15, 0.2) is 59.8 Å². The van der Waals surface area contributed by atoms with Crippen LogP contribution in [0, 0.1) is 0 Å². The molecule has 45 heavy (non-hydrogen) atoms. The van der Waals surface area contributed by atoms with Crippen molar-refractivity contribution in [1.82, 2.24) is 14.9 Å². The Morgan fingerprint density at radius 1 is 0.978 bits per heavy atom. The third-order valence-electron chi connectivity index (χ3n) is 8.43. The molecule has 16 heteroatoms. The highest BCUT2D eigenvalue weighted by molar-refractivity contribution is 7.92. The average molecular weight is 647 g/mol. The van der Waals surface area contributed by atoms with Crippen molar-refractivity contribution in [3.8, 4) is 5.88 Å². The van der Waals surface area contributed by atoms with Crippen LogP contribution in [-0.4, -0.2) is 85.1 Å². The van der Waals surface area contributed by atoms with Gasteiger partial charge in [0.05, 0.1) is 36.5 Å². The number of alkyl halides is 3. The summed E-state index contributed by atoms with van der Waals surface area (Å²) in [6.45, 7) is 3.19. The van der Waals surface area contributed by atoms with E-state index in [-0.39, 0.29) is 45.3 Å². The number of carbonyl (C=O) groups is 2. The number of anilines is 3. The second kappa shape index (κ2) is 11.3. The third kappa shape index (κ3) is 5.57. The highest BCUT2D eigenvalue weighted by Gasteiger charge is 2.70. The lowest BCUT2D eigenvalue weighted by molar-refractivity contribution is -0.172. The van der Waals surface area contributed by atoms with Crippen LogP contribution >= 0.6 is 0 Å². The zero-order valence-corrected chi connectivity index (χ0v) is 24.8. The number of nitrogens with one attached hydrogen (secondary N) is 3. The molecule has 4 aliphatic rings. The fourth-order valence-corrected chi connectivity index (χ4v) is 7.17. The van der Waals surface area contributed by atoms with E-state index in [4.69, 9.17) is 9.47 Å². The molecule has 3 aromatic rings. The summed E-state index contributed by atoms with van der Waals surface area (Å²) in [6, 6.07) is 9.78. The Kier molecular flexibility index (Phi) is 7.69. The second-order valence-corrected chi connectivity index (χ2v) is 13.2. The number of sulfone groups is 1. The molecule has 7 rings (SSSR count). The summed E-state index contributed by atoms with van der Waals surface area (Å²) in [5.74, 6) is -1.17. The smallest absolute Gasteiger partial charge is 0.480 e. The normalized spacial score (nSPS) is 22.8. The standard InChI is InChI=1S/C29H29F3N6O6S/c1-43-26-22(23(33-17-34-26)37-27-14-28(15-27,16-27)38-9-11-44-12-10-38)25(40)36-21-8-3-2-7-20(21)24(39)35-18-5-4-6-19(13-18)45(41,42)29(30,31)32/h2-8,13,17H,9-12,14-16H2,1H3,(H,35,39)(H,36,40)(H,33,34,37). The molecule has 12 nitrogen and oxygen atoms in total. The minimum Gasteiger partial charge on any atom is -0.480 e. The second-order valence-electron chi connectivity index (χ2n) is 11.3. The average Bonchev–Trinajstić information content (AvgIpc) is 2.98. The van der Waals surface area contributed by atoms with Gasteiger partial charge in [-0.1, -0.05) is 18.2 Å². The van der Waals surface area contributed by atoms with Crippen molar-refractivity contribution in [3.63, 3.8) is 0 Å². The molecule has 2 aromatic carbocycles. The Morgan fingerprint density at radius 2 is 1.69 bits per heavy atom. The van der Waals surface area contributed by atoms with Crippen LogP contribution in [-0.2, 0) is 14.6 Å². The summed E-state index contributed by atoms with van der Waals surface area (Å²) in [6.07, 6.45) is 3.96. The number of nitrogens with zero attached hydrogens (tertiary/aromatic N) is 3. The number of hydrogen-bond donors (Lipinski definition) is 3. The van der Waals surface area contributed by atoms with Crippen LogP contribution in [0.5, 0.6) is 5.88 Å². The first kappa shape index (κ1) is 30.7. The number of halogens is 3. The number of para-hydroxylation sites is 1. The van der Waals surface area contributed by atoms with Crippen LogP contribution in [0.25, 0.3) is 0 Å². The number of benzene rings is 2. The van der Waals surface area contributed by atoms with Crippen LogP contribution in [0.2, 0.25) is 0 Å². The number of hydrogen-bond acceptors (Lipinski definition) is 10. The van der Waals surface area contributed by atoms with E-state index in [0.717, 1.165) is 44.5 Å². The Hall–Kier alpha value is -4.28. The molecule has 238 valence electrons. The number of rotatable bonds is 9. The first-order valence-corrected chi connectivity index (χ1v) is 15.5. The van der Waals surface area contributed by atoms with Gasteiger partial charge >= 0.3 is 5.51 Å². The van der Waals surface area contributed by atoms with Crippen molar-refractivity contribution >= 4 is 38.8 Å². The number of amides is 2. The zero-order chi connectivity index (χ0) is 32.0. The Balaban J connectivity index is 1.19. The van der Waals surface area contributed by atoms with E-state index in [1.165, 1.54) is 37.7 Å². The molecule has 3 aliphatic carbocycles. The molecule has 3 N–H and O–H groups in total. The van der Waals surface area contributed by atoms with E-state index in [0.29, 0.717) is 19.3 Å². The first-order chi connectivity index (χ1) is 21.4. The van der Waals surface area contributed by atoms with Crippen LogP contribution < -0.4 is 20.7 Å². The molecule has 2 amide bonds. The number of carbonyl (C=O) groups excluding carboxylic acids is 2. The van der Waals surface area contributed by atoms with Crippen molar-refractivity contribution in [2.45, 2.75) is 40.7 Å². The molecule has 2 bridgehead atoms. The molecule has 2 heterocycles. The number of ether oxygens (including phenoxy) is 2. The van der Waals surface area contributed by atoms with Gasteiger partial charge in [0.15, 0.2) is 0 Å². The van der Waals surface area contributed by atoms with E-state index in [2.05, 4.69) is 30.8 Å². The van der Waals surface area contributed by atoms with E-state index >= 15 is 0 Å². The maximum atomic E-state index is 13.7. The summed E-state index contributed by atoms with van der Waals surface area (Å²) < 4.78 is 73.7. The van der Waals surface area contributed by atoms with Gasteiger partial charge in [-0.05, 0) is 49.6 Å². The fraction of sp³-hybridized carbons (Fsp3) is 0.379. The lowest BCUT2D eigenvalue weighted by Crippen LogP contribution is -2.82. The first-order valence-electron chi connectivity index (χ1n) is 14.0. The van der Waals surface area contributed by atoms with Gasteiger partial charge in [0.1, 0.15) is 17.7 Å². The van der Waals surface area contributed by atoms with E-state index in [1.807, 2.05) is 0 Å². The SMILES string of the molecule is COc1ncnc(NC23CC(N4CCOCC4)(C2)C3)c1C(=O)Nc1ccccc1C(=O)Nc1cccc(S(=O)(=O)C(F)(F)F)c1. The van der Waals surface area contributed by atoms with Gasteiger partial charge in [-0.2, -0.15) is 13.2 Å². The minimum atomic E-state index is -5.63. The number of aromatic nitrogens is 2. The van der Waals surface area contributed by atoms with Crippen molar-refractivity contribution in [2.24, 2.45) is 0 Å². The molecule has 0 unspecified atom stereocenters. The summed E-state index contributed by atoms with van der Waals surface area (Å²) in [7, 11) is -4.26. The maximum absolute atomic E-state index is 13.7. The van der Waals surface area contributed by atoms with Crippen molar-refractivity contribution < 1.29 is 40.7 Å². The molecule has 1 aromatic heterocycles. The van der Waals surface area contributed by atoms with Gasteiger partial charge < -0.3 is 25.4 Å². The Labute approximate surface area is 256 Å². The zero-order valence-electron chi connectivity index (χ0n) is 24.0. The monoisotopic (exact) mass is 646 g/mol. The molecular weight excluding hydrogens is 617 g/mol. The molecule has 4 fully saturated rings. The van der Waals surface area contributed by atoms with Gasteiger partial charge in [0, 0.05) is 29.9 Å². The van der Waals surface area contributed by atoms with Gasteiger partial charge in [0.2, 0.25) is 5.88 Å². The van der Waals surface area contributed by atoms with Crippen molar-refractivity contribution in [1.29, 1.82) is 0 Å². The van der Waals surface area contributed by atoms with Crippen molar-refractivity contribution in [2.75, 3.05) is 49.4 Å². The van der Waals surface area contributed by atoms with E-state index < -0.39 is 32.1 Å². The summed E-state index contributed by atoms with van der Waals surface area (Å²) in [5, 5.41) is 8.52. The van der Waals surface area contributed by atoms with Gasteiger partial charge in [-0.15, -0.1) is 0 Å². The van der Waals surface area contributed by atoms with Crippen LogP contribution in [0.4, 0.5) is 30.4 Å². The Morgan fingerprint density at radius 3 is 2.38 bits per heavy atom. The third-order valence-corrected chi connectivity index (χ3v) is 9.91. The van der Waals surface area contributed by atoms with Gasteiger partial charge in [0.25, 0.3) is 21.7 Å². The number of methoxy groups -OCH3 is 1. The molecule has 0 atom stereocenters. The number of morpholine rings is 1. The fourth-order valence-electron chi connectivity index (χ4n) is 6.36. The molecule has 1 aliphatic heterocycles. The summed E-state index contributed by atoms with van der Waals surface area (Å²) in [5.41, 5.74) is -5.72. The lowest BCUT2D eigenvalue weighted by atomic mass is 9.43. The Bertz CT molecular complexity index is 1740.